The normalized spacial score (nSPS) is 15.8. The largest absolute Gasteiger partial charge is 0.494 e. The molecule has 2 aromatic carbocycles. The number of thiocarbonyl (C=S) groups is 1. The van der Waals surface area contributed by atoms with Gasteiger partial charge < -0.3 is 15.4 Å². The molecule has 1 atom stereocenters. The van der Waals surface area contributed by atoms with Gasteiger partial charge in [0.1, 0.15) is 5.75 Å². The minimum Gasteiger partial charge on any atom is -0.494 e. The number of aryl methyl sites for hydroxylation is 1. The van der Waals surface area contributed by atoms with Gasteiger partial charge in [-0.15, -0.1) is 0 Å². The van der Waals surface area contributed by atoms with E-state index in [4.69, 9.17) is 17.0 Å². The first-order valence-corrected chi connectivity index (χ1v) is 8.47. The molecule has 1 aliphatic rings. The van der Waals surface area contributed by atoms with Crippen LogP contribution in [-0.4, -0.2) is 17.1 Å². The van der Waals surface area contributed by atoms with E-state index < -0.39 is 4.92 Å². The van der Waals surface area contributed by atoms with Crippen molar-refractivity contribution >= 4 is 28.7 Å². The van der Waals surface area contributed by atoms with Crippen LogP contribution < -0.4 is 15.4 Å². The summed E-state index contributed by atoms with van der Waals surface area (Å²) in [6.45, 7) is 0. The van der Waals surface area contributed by atoms with Crippen LogP contribution in [0.25, 0.3) is 0 Å². The molecule has 1 aliphatic carbocycles. The Morgan fingerprint density at radius 2 is 2.12 bits per heavy atom. The molecule has 25 heavy (non-hydrogen) atoms. The molecular weight excluding hydrogens is 338 g/mol. The van der Waals surface area contributed by atoms with Gasteiger partial charge in [-0.05, 0) is 48.7 Å². The average Bonchev–Trinajstić information content (AvgIpc) is 2.62. The SMILES string of the molecule is COc1cc([N+](=O)[O-])ccc1NC(=S)N[C@@H]1CCCc2ccccc21. The quantitative estimate of drug-likeness (QED) is 0.490. The van der Waals surface area contributed by atoms with Gasteiger partial charge in [-0.1, -0.05) is 24.3 Å². The Labute approximate surface area is 151 Å². The Balaban J connectivity index is 1.72. The Kier molecular flexibility index (Phi) is 5.14. The minimum absolute atomic E-state index is 0.0255. The fourth-order valence-electron chi connectivity index (χ4n) is 3.12. The van der Waals surface area contributed by atoms with Crippen LogP contribution in [0.3, 0.4) is 0 Å². The zero-order chi connectivity index (χ0) is 17.8. The summed E-state index contributed by atoms with van der Waals surface area (Å²) in [6, 6.07) is 12.9. The van der Waals surface area contributed by atoms with Crippen LogP contribution >= 0.6 is 12.2 Å². The summed E-state index contributed by atoms with van der Waals surface area (Å²) in [4.78, 5) is 10.4. The smallest absolute Gasteiger partial charge is 0.273 e. The number of nitro benzene ring substituents is 1. The second-order valence-corrected chi connectivity index (χ2v) is 6.29. The van der Waals surface area contributed by atoms with E-state index in [1.54, 1.807) is 6.07 Å². The second kappa shape index (κ2) is 7.48. The molecule has 0 radical (unpaired) electrons. The Bertz CT molecular complexity index is 810. The molecule has 0 saturated heterocycles. The molecule has 7 heteroatoms. The van der Waals surface area contributed by atoms with Gasteiger partial charge in [-0.3, -0.25) is 10.1 Å². The summed E-state index contributed by atoms with van der Waals surface area (Å²) in [5, 5.41) is 17.8. The maximum Gasteiger partial charge on any atom is 0.273 e. The van der Waals surface area contributed by atoms with Crippen molar-refractivity contribution in [1.82, 2.24) is 5.32 Å². The van der Waals surface area contributed by atoms with Crippen molar-refractivity contribution in [2.45, 2.75) is 25.3 Å². The minimum atomic E-state index is -0.457. The summed E-state index contributed by atoms with van der Waals surface area (Å²) < 4.78 is 5.23. The molecule has 3 rings (SSSR count). The number of non-ortho nitro benzene ring substituents is 1. The highest BCUT2D eigenvalue weighted by Crippen LogP contribution is 2.31. The lowest BCUT2D eigenvalue weighted by molar-refractivity contribution is -0.384. The van der Waals surface area contributed by atoms with Crippen LogP contribution in [0.1, 0.15) is 30.0 Å². The first-order chi connectivity index (χ1) is 12.1. The number of rotatable bonds is 4. The standard InChI is InChI=1S/C18H19N3O3S/c1-24-17-11-13(21(22)23)9-10-16(17)20-18(25)19-15-8-4-6-12-5-2-3-7-14(12)15/h2-3,5,7,9-11,15H,4,6,8H2,1H3,(H2,19,20,25)/t15-/m1/s1. The van der Waals surface area contributed by atoms with E-state index in [-0.39, 0.29) is 11.7 Å². The molecule has 2 N–H and O–H groups in total. The van der Waals surface area contributed by atoms with E-state index in [0.717, 1.165) is 19.3 Å². The molecule has 0 fully saturated rings. The van der Waals surface area contributed by atoms with Gasteiger partial charge in [0.2, 0.25) is 0 Å². The number of anilines is 1. The molecule has 0 aliphatic heterocycles. The highest BCUT2D eigenvalue weighted by molar-refractivity contribution is 7.80. The van der Waals surface area contributed by atoms with Gasteiger partial charge >= 0.3 is 0 Å². The Hall–Kier alpha value is -2.67. The third kappa shape index (κ3) is 3.88. The molecule has 0 unspecified atom stereocenters. The number of benzene rings is 2. The molecule has 0 spiro atoms. The number of methoxy groups -OCH3 is 1. The zero-order valence-electron chi connectivity index (χ0n) is 13.8. The summed E-state index contributed by atoms with van der Waals surface area (Å²) in [7, 11) is 1.47. The van der Waals surface area contributed by atoms with Crippen LogP contribution in [0.4, 0.5) is 11.4 Å². The van der Waals surface area contributed by atoms with Crippen molar-refractivity contribution in [3.63, 3.8) is 0 Å². The van der Waals surface area contributed by atoms with Gasteiger partial charge in [-0.25, -0.2) is 0 Å². The average molecular weight is 357 g/mol. The van der Waals surface area contributed by atoms with Crippen molar-refractivity contribution < 1.29 is 9.66 Å². The number of fused-ring (bicyclic) bond motifs is 1. The first-order valence-electron chi connectivity index (χ1n) is 8.06. The van der Waals surface area contributed by atoms with Crippen LogP contribution in [-0.2, 0) is 6.42 Å². The van der Waals surface area contributed by atoms with Crippen molar-refractivity contribution in [3.8, 4) is 5.75 Å². The maximum atomic E-state index is 10.9. The van der Waals surface area contributed by atoms with E-state index in [1.165, 1.54) is 30.4 Å². The number of hydrogen-bond acceptors (Lipinski definition) is 4. The fraction of sp³-hybridized carbons (Fsp3) is 0.278. The number of nitrogens with zero attached hydrogens (tertiary/aromatic N) is 1. The molecular formula is C18H19N3O3S. The van der Waals surface area contributed by atoms with Gasteiger partial charge in [-0.2, -0.15) is 0 Å². The lowest BCUT2D eigenvalue weighted by Gasteiger charge is -2.27. The van der Waals surface area contributed by atoms with E-state index >= 15 is 0 Å². The number of nitro groups is 1. The molecule has 130 valence electrons. The van der Waals surface area contributed by atoms with Gasteiger partial charge in [0, 0.05) is 6.07 Å². The molecule has 0 amide bonds. The van der Waals surface area contributed by atoms with E-state index in [2.05, 4.69) is 28.8 Å². The highest BCUT2D eigenvalue weighted by Gasteiger charge is 2.20. The topological polar surface area (TPSA) is 76.4 Å². The van der Waals surface area contributed by atoms with Gasteiger partial charge in [0.25, 0.3) is 5.69 Å². The number of ether oxygens (including phenoxy) is 1. The summed E-state index contributed by atoms with van der Waals surface area (Å²) in [6.07, 6.45) is 3.21. The lowest BCUT2D eigenvalue weighted by atomic mass is 9.88. The van der Waals surface area contributed by atoms with Crippen molar-refractivity contribution in [2.24, 2.45) is 0 Å². The van der Waals surface area contributed by atoms with Crippen LogP contribution in [0.15, 0.2) is 42.5 Å². The van der Waals surface area contributed by atoms with Crippen LogP contribution in [0, 0.1) is 10.1 Å². The highest BCUT2D eigenvalue weighted by atomic mass is 32.1. The predicted molar refractivity (Wildman–Crippen MR) is 101 cm³/mol. The van der Waals surface area contributed by atoms with Crippen molar-refractivity contribution in [3.05, 3.63) is 63.7 Å². The number of nitrogens with one attached hydrogen (secondary N) is 2. The van der Waals surface area contributed by atoms with Gasteiger partial charge in [0.05, 0.1) is 29.8 Å². The van der Waals surface area contributed by atoms with Crippen molar-refractivity contribution in [1.29, 1.82) is 0 Å². The molecule has 0 bridgehead atoms. The van der Waals surface area contributed by atoms with E-state index in [1.807, 2.05) is 6.07 Å². The van der Waals surface area contributed by atoms with Gasteiger partial charge in [0.15, 0.2) is 5.11 Å². The molecule has 0 aromatic heterocycles. The fourth-order valence-corrected chi connectivity index (χ4v) is 3.37. The summed E-state index contributed by atoms with van der Waals surface area (Å²) in [5.41, 5.74) is 3.19. The first kappa shape index (κ1) is 17.2. The monoisotopic (exact) mass is 357 g/mol. The van der Waals surface area contributed by atoms with Crippen LogP contribution in [0.2, 0.25) is 0 Å². The zero-order valence-corrected chi connectivity index (χ0v) is 14.6. The molecule has 0 heterocycles. The predicted octanol–water partition coefficient (Wildman–Crippen LogP) is 3.97. The molecule has 6 nitrogen and oxygen atoms in total. The second-order valence-electron chi connectivity index (χ2n) is 5.88. The Morgan fingerprint density at radius 1 is 1.32 bits per heavy atom. The molecule has 2 aromatic rings. The third-order valence-electron chi connectivity index (χ3n) is 4.32. The van der Waals surface area contributed by atoms with Crippen LogP contribution in [0.5, 0.6) is 5.75 Å². The summed E-state index contributed by atoms with van der Waals surface area (Å²) >= 11 is 5.43. The Morgan fingerprint density at radius 3 is 2.88 bits per heavy atom. The van der Waals surface area contributed by atoms with E-state index in [9.17, 15) is 10.1 Å². The summed E-state index contributed by atoms with van der Waals surface area (Å²) in [5.74, 6) is 0.377. The maximum absolute atomic E-state index is 10.9. The van der Waals surface area contributed by atoms with Crippen molar-refractivity contribution in [2.75, 3.05) is 12.4 Å². The van der Waals surface area contributed by atoms with E-state index in [0.29, 0.717) is 16.5 Å². The number of hydrogen-bond donors (Lipinski definition) is 2. The third-order valence-corrected chi connectivity index (χ3v) is 4.54. The molecule has 0 saturated carbocycles. The lowest BCUT2D eigenvalue weighted by Crippen LogP contribution is -2.34.